The number of amides is 1. The molecule has 7 heteroatoms. The molecule has 1 atom stereocenters. The summed E-state index contributed by atoms with van der Waals surface area (Å²) in [6.07, 6.45) is -0.481. The predicted molar refractivity (Wildman–Crippen MR) is 87.5 cm³/mol. The highest BCUT2D eigenvalue weighted by Gasteiger charge is 2.12. The topological polar surface area (TPSA) is 75.3 Å². The zero-order valence-electron chi connectivity index (χ0n) is 12.5. The summed E-state index contributed by atoms with van der Waals surface area (Å²) in [5, 5.41) is 2.71. The molecular formula is C16H17FN2O3S. The third-order valence-corrected chi connectivity index (χ3v) is 3.78. The summed E-state index contributed by atoms with van der Waals surface area (Å²) in [5.74, 6) is -0.256. The van der Waals surface area contributed by atoms with Crippen molar-refractivity contribution in [2.45, 2.75) is 6.17 Å². The van der Waals surface area contributed by atoms with Crippen molar-refractivity contribution in [3.63, 3.8) is 0 Å². The van der Waals surface area contributed by atoms with Gasteiger partial charge in [-0.05, 0) is 29.8 Å². The first-order valence-electron chi connectivity index (χ1n) is 6.90. The lowest BCUT2D eigenvalue weighted by Crippen LogP contribution is -2.25. The van der Waals surface area contributed by atoms with Crippen molar-refractivity contribution >= 4 is 21.6 Å². The minimum absolute atomic E-state index is 0.256. The molecule has 0 radical (unpaired) electrons. The lowest BCUT2D eigenvalue weighted by molar-refractivity contribution is 0.102. The van der Waals surface area contributed by atoms with Crippen LogP contribution < -0.4 is 10.0 Å². The summed E-state index contributed by atoms with van der Waals surface area (Å²) < 4.78 is 37.9. The number of halogens is 1. The minimum Gasteiger partial charge on any atom is -0.322 e. The van der Waals surface area contributed by atoms with Crippen LogP contribution in [0.25, 0.3) is 0 Å². The van der Waals surface area contributed by atoms with Crippen LogP contribution in [0.5, 0.6) is 0 Å². The highest BCUT2D eigenvalue weighted by molar-refractivity contribution is 7.88. The lowest BCUT2D eigenvalue weighted by Gasteiger charge is -2.10. The van der Waals surface area contributed by atoms with Crippen LogP contribution >= 0.6 is 0 Å². The third kappa shape index (κ3) is 5.46. The van der Waals surface area contributed by atoms with Crippen LogP contribution in [0.2, 0.25) is 0 Å². The molecule has 0 saturated heterocycles. The largest absolute Gasteiger partial charge is 0.322 e. The van der Waals surface area contributed by atoms with Crippen molar-refractivity contribution in [1.29, 1.82) is 0 Å². The van der Waals surface area contributed by atoms with E-state index in [4.69, 9.17) is 0 Å². The van der Waals surface area contributed by atoms with Crippen LogP contribution in [-0.4, -0.2) is 27.1 Å². The summed E-state index contributed by atoms with van der Waals surface area (Å²) in [5.41, 5.74) is 1.39. The summed E-state index contributed by atoms with van der Waals surface area (Å²) in [4.78, 5) is 12.0. The van der Waals surface area contributed by atoms with Gasteiger partial charge in [0.25, 0.3) is 5.91 Å². The number of sulfonamides is 1. The number of benzene rings is 2. The highest BCUT2D eigenvalue weighted by atomic mass is 32.2. The van der Waals surface area contributed by atoms with E-state index in [1.807, 2.05) is 6.07 Å². The van der Waals surface area contributed by atoms with Crippen molar-refractivity contribution in [1.82, 2.24) is 4.72 Å². The summed E-state index contributed by atoms with van der Waals surface area (Å²) >= 11 is 0. The van der Waals surface area contributed by atoms with Crippen molar-refractivity contribution in [2.75, 3.05) is 18.1 Å². The van der Waals surface area contributed by atoms with Crippen molar-refractivity contribution in [3.8, 4) is 0 Å². The SMILES string of the molecule is CS(=O)(=O)NCC(F)c1ccc(NC(=O)c2ccccc2)cc1. The highest BCUT2D eigenvalue weighted by Crippen LogP contribution is 2.19. The van der Waals surface area contributed by atoms with E-state index in [0.29, 0.717) is 16.8 Å². The molecule has 0 saturated carbocycles. The Bertz CT molecular complexity index is 762. The fraction of sp³-hybridized carbons (Fsp3) is 0.188. The van der Waals surface area contributed by atoms with E-state index in [2.05, 4.69) is 10.0 Å². The first-order chi connectivity index (χ1) is 10.8. The molecule has 2 aromatic rings. The number of alkyl halides is 1. The van der Waals surface area contributed by atoms with Gasteiger partial charge in [0.05, 0.1) is 6.26 Å². The van der Waals surface area contributed by atoms with Gasteiger partial charge in [0.15, 0.2) is 0 Å². The van der Waals surface area contributed by atoms with Crippen LogP contribution in [0.3, 0.4) is 0 Å². The van der Waals surface area contributed by atoms with E-state index < -0.39 is 16.2 Å². The Morgan fingerprint density at radius 2 is 1.70 bits per heavy atom. The van der Waals surface area contributed by atoms with Gasteiger partial charge >= 0.3 is 0 Å². The quantitative estimate of drug-likeness (QED) is 0.851. The molecule has 0 aliphatic carbocycles. The van der Waals surface area contributed by atoms with Crippen LogP contribution in [0, 0.1) is 0 Å². The Balaban J connectivity index is 1.98. The Morgan fingerprint density at radius 1 is 1.09 bits per heavy atom. The molecule has 0 fully saturated rings. The van der Waals surface area contributed by atoms with E-state index in [9.17, 15) is 17.6 Å². The molecule has 2 N–H and O–H groups in total. The monoisotopic (exact) mass is 336 g/mol. The number of hydrogen-bond acceptors (Lipinski definition) is 3. The average Bonchev–Trinajstić information content (AvgIpc) is 2.53. The minimum atomic E-state index is -3.43. The van der Waals surface area contributed by atoms with E-state index in [1.54, 1.807) is 36.4 Å². The number of rotatable bonds is 6. The van der Waals surface area contributed by atoms with Crippen LogP contribution in [-0.2, 0) is 10.0 Å². The van der Waals surface area contributed by atoms with Crippen LogP contribution in [0.1, 0.15) is 22.1 Å². The van der Waals surface area contributed by atoms with Gasteiger partial charge in [0.1, 0.15) is 6.17 Å². The summed E-state index contributed by atoms with van der Waals surface area (Å²) in [7, 11) is -3.43. The number of carbonyl (C=O) groups is 1. The van der Waals surface area contributed by atoms with Gasteiger partial charge in [-0.3, -0.25) is 4.79 Å². The normalized spacial score (nSPS) is 12.6. The molecule has 1 amide bonds. The summed E-state index contributed by atoms with van der Waals surface area (Å²) in [6.45, 7) is -0.325. The Hall–Kier alpha value is -2.25. The molecular weight excluding hydrogens is 319 g/mol. The second-order valence-corrected chi connectivity index (χ2v) is 6.86. The molecule has 2 aromatic carbocycles. The number of anilines is 1. The van der Waals surface area contributed by atoms with Gasteiger partial charge in [0.2, 0.25) is 10.0 Å². The molecule has 2 rings (SSSR count). The molecule has 5 nitrogen and oxygen atoms in total. The first kappa shape index (κ1) is 17.1. The maximum absolute atomic E-state index is 13.9. The van der Waals surface area contributed by atoms with Gasteiger partial charge in [-0.15, -0.1) is 0 Å². The van der Waals surface area contributed by atoms with Gasteiger partial charge in [-0.1, -0.05) is 30.3 Å². The van der Waals surface area contributed by atoms with Gasteiger partial charge in [0, 0.05) is 17.8 Å². The molecule has 23 heavy (non-hydrogen) atoms. The fourth-order valence-electron chi connectivity index (χ4n) is 1.91. The Morgan fingerprint density at radius 3 is 2.26 bits per heavy atom. The predicted octanol–water partition coefficient (Wildman–Crippen LogP) is 2.50. The second kappa shape index (κ2) is 7.34. The molecule has 122 valence electrons. The third-order valence-electron chi connectivity index (χ3n) is 3.09. The molecule has 0 aliphatic heterocycles. The maximum atomic E-state index is 13.9. The second-order valence-electron chi connectivity index (χ2n) is 5.03. The van der Waals surface area contributed by atoms with E-state index >= 15 is 0 Å². The van der Waals surface area contributed by atoms with E-state index in [1.165, 1.54) is 12.1 Å². The van der Waals surface area contributed by atoms with Gasteiger partial charge < -0.3 is 5.32 Å². The Kier molecular flexibility index (Phi) is 5.46. The molecule has 0 aliphatic rings. The van der Waals surface area contributed by atoms with E-state index in [0.717, 1.165) is 6.26 Å². The van der Waals surface area contributed by atoms with Crippen molar-refractivity contribution < 1.29 is 17.6 Å². The summed E-state index contributed by atoms with van der Waals surface area (Å²) in [6, 6.07) is 14.9. The standard InChI is InChI=1S/C16H17FN2O3S/c1-23(21,22)18-11-15(17)12-7-9-14(10-8-12)19-16(20)13-5-3-2-4-6-13/h2-10,15,18H,11H2,1H3,(H,19,20). The fourth-order valence-corrected chi connectivity index (χ4v) is 2.36. The first-order valence-corrected chi connectivity index (χ1v) is 8.79. The number of carbonyl (C=O) groups excluding carboxylic acids is 1. The van der Waals surface area contributed by atoms with Gasteiger partial charge in [-0.25, -0.2) is 17.5 Å². The molecule has 0 heterocycles. The molecule has 0 spiro atoms. The maximum Gasteiger partial charge on any atom is 0.255 e. The molecule has 0 bridgehead atoms. The van der Waals surface area contributed by atoms with E-state index in [-0.39, 0.29) is 12.5 Å². The van der Waals surface area contributed by atoms with Crippen LogP contribution in [0.15, 0.2) is 54.6 Å². The van der Waals surface area contributed by atoms with Crippen molar-refractivity contribution in [3.05, 3.63) is 65.7 Å². The molecule has 1 unspecified atom stereocenters. The number of nitrogens with one attached hydrogen (secondary N) is 2. The Labute approximate surface area is 134 Å². The lowest BCUT2D eigenvalue weighted by atomic mass is 10.1. The number of hydrogen-bond donors (Lipinski definition) is 2. The van der Waals surface area contributed by atoms with Gasteiger partial charge in [-0.2, -0.15) is 0 Å². The van der Waals surface area contributed by atoms with Crippen molar-refractivity contribution in [2.24, 2.45) is 0 Å². The van der Waals surface area contributed by atoms with Crippen LogP contribution in [0.4, 0.5) is 10.1 Å². The molecule has 0 aromatic heterocycles. The zero-order chi connectivity index (χ0) is 16.9. The average molecular weight is 336 g/mol. The zero-order valence-corrected chi connectivity index (χ0v) is 13.3. The smallest absolute Gasteiger partial charge is 0.255 e.